The number of ether oxygens (including phenoxy) is 1. The van der Waals surface area contributed by atoms with Crippen LogP contribution in [0.15, 0.2) is 18.3 Å². The van der Waals surface area contributed by atoms with Crippen LogP contribution in [-0.2, 0) is 0 Å². The van der Waals surface area contributed by atoms with Crippen LogP contribution in [-0.4, -0.2) is 22.3 Å². The van der Waals surface area contributed by atoms with Gasteiger partial charge >= 0.3 is 0 Å². The molecule has 0 aliphatic rings. The zero-order valence-corrected chi connectivity index (χ0v) is 8.41. The van der Waals surface area contributed by atoms with Gasteiger partial charge in [0.05, 0.1) is 12.7 Å². The Kier molecular flexibility index (Phi) is 2.37. The molecule has 0 unspecified atom stereocenters. The van der Waals surface area contributed by atoms with Gasteiger partial charge in [-0.15, -0.1) is 5.10 Å². The summed E-state index contributed by atoms with van der Waals surface area (Å²) in [6, 6.07) is 3.38. The number of rotatable bonds is 2. The molecule has 0 radical (unpaired) electrons. The van der Waals surface area contributed by atoms with Crippen molar-refractivity contribution in [2.45, 2.75) is 6.92 Å². The van der Waals surface area contributed by atoms with Gasteiger partial charge in [0.2, 0.25) is 11.8 Å². The van der Waals surface area contributed by atoms with Crippen molar-refractivity contribution < 1.29 is 9.13 Å². The monoisotopic (exact) mass is 207 g/mol. The number of halogens is 1. The lowest BCUT2D eigenvalue weighted by molar-refractivity contribution is 0.398. The Hall–Kier alpha value is -1.91. The van der Waals surface area contributed by atoms with E-state index in [0.29, 0.717) is 22.7 Å². The second-order valence-electron chi connectivity index (χ2n) is 3.10. The molecule has 0 saturated carbocycles. The predicted molar refractivity (Wildman–Crippen MR) is 53.1 cm³/mol. The van der Waals surface area contributed by atoms with Gasteiger partial charge < -0.3 is 4.74 Å². The molecule has 4 nitrogen and oxygen atoms in total. The normalized spacial score (nSPS) is 10.3. The standard InChI is InChI=1S/C10H10FN3O/c1-6-9(10(11)14-13-6)7-3-4-12-8(5-7)15-2/h3-5H,1-2H3,(H,13,14). The number of aryl methyl sites for hydroxylation is 1. The summed E-state index contributed by atoms with van der Waals surface area (Å²) < 4.78 is 18.3. The molecule has 0 aromatic carbocycles. The Balaban J connectivity index is 2.53. The average Bonchev–Trinajstić information content (AvgIpc) is 2.59. The average molecular weight is 207 g/mol. The van der Waals surface area contributed by atoms with Gasteiger partial charge in [-0.3, -0.25) is 5.10 Å². The van der Waals surface area contributed by atoms with Crippen LogP contribution in [0.3, 0.4) is 0 Å². The number of nitrogens with zero attached hydrogens (tertiary/aromatic N) is 2. The third-order valence-electron chi connectivity index (χ3n) is 2.14. The molecular weight excluding hydrogens is 197 g/mol. The fourth-order valence-corrected chi connectivity index (χ4v) is 1.41. The minimum atomic E-state index is -0.513. The summed E-state index contributed by atoms with van der Waals surface area (Å²) in [7, 11) is 1.52. The number of methoxy groups -OCH3 is 1. The first kappa shape index (κ1) is 9.64. The number of aromatic nitrogens is 3. The van der Waals surface area contributed by atoms with E-state index in [1.54, 1.807) is 25.3 Å². The van der Waals surface area contributed by atoms with E-state index in [9.17, 15) is 4.39 Å². The van der Waals surface area contributed by atoms with Crippen LogP contribution in [0.1, 0.15) is 5.69 Å². The lowest BCUT2D eigenvalue weighted by atomic mass is 10.1. The van der Waals surface area contributed by atoms with Crippen molar-refractivity contribution in [1.29, 1.82) is 0 Å². The van der Waals surface area contributed by atoms with Gasteiger partial charge in [0.1, 0.15) is 0 Å². The molecular formula is C10H10FN3O. The fourth-order valence-electron chi connectivity index (χ4n) is 1.41. The third kappa shape index (κ3) is 1.68. The first-order valence-electron chi connectivity index (χ1n) is 4.43. The highest BCUT2D eigenvalue weighted by Crippen LogP contribution is 2.26. The van der Waals surface area contributed by atoms with Gasteiger partial charge in [0, 0.05) is 18.0 Å². The molecule has 0 spiro atoms. The van der Waals surface area contributed by atoms with Gasteiger partial charge in [-0.05, 0) is 18.6 Å². The predicted octanol–water partition coefficient (Wildman–Crippen LogP) is 1.93. The largest absolute Gasteiger partial charge is 0.481 e. The Bertz CT molecular complexity index is 462. The zero-order chi connectivity index (χ0) is 10.8. The molecule has 0 saturated heterocycles. The molecule has 0 amide bonds. The Morgan fingerprint density at radius 2 is 2.27 bits per heavy atom. The quantitative estimate of drug-likeness (QED) is 0.818. The summed E-state index contributed by atoms with van der Waals surface area (Å²) in [5.41, 5.74) is 1.84. The molecule has 0 aliphatic carbocycles. The maximum atomic E-state index is 13.3. The minimum absolute atomic E-state index is 0.451. The maximum absolute atomic E-state index is 13.3. The van der Waals surface area contributed by atoms with E-state index in [0.717, 1.165) is 0 Å². The van der Waals surface area contributed by atoms with Crippen molar-refractivity contribution in [2.75, 3.05) is 7.11 Å². The Morgan fingerprint density at radius 3 is 2.87 bits per heavy atom. The number of pyridine rings is 1. The summed E-state index contributed by atoms with van der Waals surface area (Å²) >= 11 is 0. The van der Waals surface area contributed by atoms with Crippen LogP contribution in [0, 0.1) is 12.9 Å². The number of nitrogens with one attached hydrogen (secondary N) is 1. The van der Waals surface area contributed by atoms with Crippen LogP contribution in [0.5, 0.6) is 5.88 Å². The summed E-state index contributed by atoms with van der Waals surface area (Å²) in [4.78, 5) is 3.95. The number of hydrogen-bond donors (Lipinski definition) is 1. The summed E-state index contributed by atoms with van der Waals surface area (Å²) in [5, 5.41) is 6.08. The zero-order valence-electron chi connectivity index (χ0n) is 8.41. The molecule has 5 heteroatoms. The molecule has 0 aliphatic heterocycles. The van der Waals surface area contributed by atoms with E-state index >= 15 is 0 Å². The van der Waals surface area contributed by atoms with Gasteiger partial charge in [0.25, 0.3) is 0 Å². The van der Waals surface area contributed by atoms with Gasteiger partial charge in [0.15, 0.2) is 0 Å². The van der Waals surface area contributed by atoms with Gasteiger partial charge in [-0.1, -0.05) is 0 Å². The summed E-state index contributed by atoms with van der Waals surface area (Å²) in [5.74, 6) is -0.0618. The highest BCUT2D eigenvalue weighted by atomic mass is 19.1. The van der Waals surface area contributed by atoms with Crippen molar-refractivity contribution in [1.82, 2.24) is 15.2 Å². The van der Waals surface area contributed by atoms with E-state index in [1.165, 1.54) is 7.11 Å². The van der Waals surface area contributed by atoms with Gasteiger partial charge in [-0.25, -0.2) is 4.98 Å². The molecule has 78 valence electrons. The first-order chi connectivity index (χ1) is 7.22. The van der Waals surface area contributed by atoms with Crippen LogP contribution >= 0.6 is 0 Å². The van der Waals surface area contributed by atoms with Crippen molar-refractivity contribution in [2.24, 2.45) is 0 Å². The molecule has 2 rings (SSSR count). The lowest BCUT2D eigenvalue weighted by Gasteiger charge is -2.02. The van der Waals surface area contributed by atoms with Gasteiger partial charge in [-0.2, -0.15) is 4.39 Å². The molecule has 0 fully saturated rings. The maximum Gasteiger partial charge on any atom is 0.240 e. The topological polar surface area (TPSA) is 50.8 Å². The van der Waals surface area contributed by atoms with Crippen molar-refractivity contribution >= 4 is 0 Å². The third-order valence-corrected chi connectivity index (χ3v) is 2.14. The second kappa shape index (κ2) is 3.68. The van der Waals surface area contributed by atoms with E-state index < -0.39 is 5.95 Å². The molecule has 1 N–H and O–H groups in total. The van der Waals surface area contributed by atoms with E-state index in [-0.39, 0.29) is 0 Å². The van der Waals surface area contributed by atoms with Crippen LogP contribution in [0.25, 0.3) is 11.1 Å². The van der Waals surface area contributed by atoms with Crippen molar-refractivity contribution in [3.05, 3.63) is 30.0 Å². The summed E-state index contributed by atoms with van der Waals surface area (Å²) in [6.07, 6.45) is 1.57. The molecule has 2 heterocycles. The summed E-state index contributed by atoms with van der Waals surface area (Å²) in [6.45, 7) is 1.76. The molecule has 0 bridgehead atoms. The molecule has 2 aromatic rings. The highest BCUT2D eigenvalue weighted by Gasteiger charge is 2.12. The fraction of sp³-hybridized carbons (Fsp3) is 0.200. The Morgan fingerprint density at radius 1 is 1.47 bits per heavy atom. The van der Waals surface area contributed by atoms with E-state index in [2.05, 4.69) is 15.2 Å². The molecule has 0 atom stereocenters. The van der Waals surface area contributed by atoms with Crippen molar-refractivity contribution in [3.8, 4) is 17.0 Å². The second-order valence-corrected chi connectivity index (χ2v) is 3.10. The van der Waals surface area contributed by atoms with Crippen LogP contribution in [0.4, 0.5) is 4.39 Å². The highest BCUT2D eigenvalue weighted by molar-refractivity contribution is 5.66. The number of H-pyrrole nitrogens is 1. The molecule has 15 heavy (non-hydrogen) atoms. The number of hydrogen-bond acceptors (Lipinski definition) is 3. The minimum Gasteiger partial charge on any atom is -0.481 e. The molecule has 2 aromatic heterocycles. The van der Waals surface area contributed by atoms with Crippen molar-refractivity contribution in [3.63, 3.8) is 0 Å². The SMILES string of the molecule is COc1cc(-c2c(F)n[nH]c2C)ccn1. The first-order valence-corrected chi connectivity index (χ1v) is 4.43. The number of aromatic amines is 1. The van der Waals surface area contributed by atoms with E-state index in [4.69, 9.17) is 4.74 Å². The Labute approximate surface area is 86.1 Å². The smallest absolute Gasteiger partial charge is 0.240 e. The van der Waals surface area contributed by atoms with E-state index in [1.807, 2.05) is 0 Å². The lowest BCUT2D eigenvalue weighted by Crippen LogP contribution is -1.89. The van der Waals surface area contributed by atoms with Crippen LogP contribution < -0.4 is 4.74 Å². The van der Waals surface area contributed by atoms with Crippen LogP contribution in [0.2, 0.25) is 0 Å².